The molecule has 1 N–H and O–H groups in total. The van der Waals surface area contributed by atoms with E-state index in [1.165, 1.54) is 4.90 Å². The van der Waals surface area contributed by atoms with Crippen LogP contribution in [0.5, 0.6) is 0 Å². The van der Waals surface area contributed by atoms with Gasteiger partial charge in [-0.25, -0.2) is 8.42 Å². The lowest BCUT2D eigenvalue weighted by molar-refractivity contribution is -0.140. The number of hydrogen-bond donors (Lipinski definition) is 1. The van der Waals surface area contributed by atoms with Crippen LogP contribution in [0.2, 0.25) is 10.0 Å². The van der Waals surface area contributed by atoms with Gasteiger partial charge in [0, 0.05) is 12.6 Å². The third kappa shape index (κ3) is 7.91. The molecular formula is C33H39Cl2N3O4S. The van der Waals surface area contributed by atoms with Gasteiger partial charge in [0.2, 0.25) is 11.8 Å². The predicted octanol–water partition coefficient (Wildman–Crippen LogP) is 6.98. The van der Waals surface area contributed by atoms with E-state index in [1.807, 2.05) is 39.8 Å². The lowest BCUT2D eigenvalue weighted by atomic mass is 10.1. The molecule has 0 radical (unpaired) electrons. The van der Waals surface area contributed by atoms with Gasteiger partial charge in [0.15, 0.2) is 0 Å². The molecule has 1 saturated carbocycles. The van der Waals surface area contributed by atoms with Crippen molar-refractivity contribution in [1.29, 1.82) is 0 Å². The summed E-state index contributed by atoms with van der Waals surface area (Å²) < 4.78 is 29.5. The fraction of sp³-hybridized carbons (Fsp3) is 0.394. The average Bonchev–Trinajstić information content (AvgIpc) is 3.48. The van der Waals surface area contributed by atoms with Crippen molar-refractivity contribution in [3.05, 3.63) is 93.0 Å². The molecule has 0 aromatic heterocycles. The SMILES string of the molecule is CC[C@H](C(=O)NC1CCCC1)N(Cc1ccc(Cl)c(Cl)c1)C(=O)CN(c1cc(C)ccc1C)S(=O)(=O)c1ccc(C)cc1. The number of hydrogen-bond acceptors (Lipinski definition) is 4. The Morgan fingerprint density at radius 1 is 0.907 bits per heavy atom. The van der Waals surface area contributed by atoms with Gasteiger partial charge in [-0.15, -0.1) is 0 Å². The lowest BCUT2D eigenvalue weighted by Gasteiger charge is -2.34. The topological polar surface area (TPSA) is 86.8 Å². The Bertz CT molecular complexity index is 1570. The van der Waals surface area contributed by atoms with Gasteiger partial charge in [0.05, 0.1) is 20.6 Å². The smallest absolute Gasteiger partial charge is 0.264 e. The maximum Gasteiger partial charge on any atom is 0.264 e. The van der Waals surface area contributed by atoms with Crippen LogP contribution >= 0.6 is 23.2 Å². The molecule has 3 aromatic carbocycles. The summed E-state index contributed by atoms with van der Waals surface area (Å²) >= 11 is 12.4. The van der Waals surface area contributed by atoms with Crippen molar-refractivity contribution >= 4 is 50.7 Å². The van der Waals surface area contributed by atoms with Gasteiger partial charge in [-0.2, -0.15) is 0 Å². The fourth-order valence-electron chi connectivity index (χ4n) is 5.46. The first kappa shape index (κ1) is 32.8. The highest BCUT2D eigenvalue weighted by molar-refractivity contribution is 7.92. The van der Waals surface area contributed by atoms with E-state index in [2.05, 4.69) is 5.32 Å². The molecule has 0 saturated heterocycles. The maximum absolute atomic E-state index is 14.3. The second-order valence-electron chi connectivity index (χ2n) is 11.3. The Morgan fingerprint density at radius 3 is 2.19 bits per heavy atom. The molecule has 0 aliphatic heterocycles. The highest BCUT2D eigenvalue weighted by Gasteiger charge is 2.35. The molecule has 230 valence electrons. The molecular weight excluding hydrogens is 605 g/mol. The first-order valence-electron chi connectivity index (χ1n) is 14.6. The quantitative estimate of drug-likeness (QED) is 0.244. The van der Waals surface area contributed by atoms with Crippen molar-refractivity contribution in [2.45, 2.75) is 83.3 Å². The number of nitrogens with zero attached hydrogens (tertiary/aromatic N) is 2. The van der Waals surface area contributed by atoms with Crippen LogP contribution in [0.1, 0.15) is 61.3 Å². The molecule has 7 nitrogen and oxygen atoms in total. The number of aryl methyl sites for hydroxylation is 3. The molecule has 1 aliphatic rings. The highest BCUT2D eigenvalue weighted by Crippen LogP contribution is 2.30. The predicted molar refractivity (Wildman–Crippen MR) is 173 cm³/mol. The van der Waals surface area contributed by atoms with E-state index in [4.69, 9.17) is 23.2 Å². The summed E-state index contributed by atoms with van der Waals surface area (Å²) in [4.78, 5) is 29.5. The summed E-state index contributed by atoms with van der Waals surface area (Å²) in [6.45, 7) is 6.98. The van der Waals surface area contributed by atoms with Crippen molar-refractivity contribution in [2.75, 3.05) is 10.8 Å². The van der Waals surface area contributed by atoms with Crippen molar-refractivity contribution in [1.82, 2.24) is 10.2 Å². The summed E-state index contributed by atoms with van der Waals surface area (Å²) in [7, 11) is -4.15. The number of rotatable bonds is 11. The van der Waals surface area contributed by atoms with Gasteiger partial charge < -0.3 is 10.2 Å². The van der Waals surface area contributed by atoms with Crippen molar-refractivity contribution < 1.29 is 18.0 Å². The number of halogens is 2. The number of carbonyl (C=O) groups excluding carboxylic acids is 2. The van der Waals surface area contributed by atoms with Crippen molar-refractivity contribution in [3.63, 3.8) is 0 Å². The van der Waals surface area contributed by atoms with Gasteiger partial charge in [-0.05, 0) is 87.1 Å². The second kappa shape index (κ2) is 14.1. The highest BCUT2D eigenvalue weighted by atomic mass is 35.5. The zero-order chi connectivity index (χ0) is 31.3. The number of amides is 2. The van der Waals surface area contributed by atoms with Gasteiger partial charge in [0.25, 0.3) is 10.0 Å². The van der Waals surface area contributed by atoms with Crippen LogP contribution < -0.4 is 9.62 Å². The van der Waals surface area contributed by atoms with Crippen molar-refractivity contribution in [3.8, 4) is 0 Å². The van der Waals surface area contributed by atoms with Crippen LogP contribution in [0.4, 0.5) is 5.69 Å². The second-order valence-corrected chi connectivity index (χ2v) is 14.0. The minimum absolute atomic E-state index is 0.0531. The van der Waals surface area contributed by atoms with E-state index < -0.39 is 28.5 Å². The number of anilines is 1. The fourth-order valence-corrected chi connectivity index (χ4v) is 7.25. The number of benzene rings is 3. The van der Waals surface area contributed by atoms with E-state index in [0.717, 1.165) is 41.1 Å². The third-order valence-corrected chi connectivity index (χ3v) is 10.5. The van der Waals surface area contributed by atoms with Crippen LogP contribution in [-0.2, 0) is 26.2 Å². The molecule has 1 aliphatic carbocycles. The molecule has 0 unspecified atom stereocenters. The summed E-state index contributed by atoms with van der Waals surface area (Å²) in [5.41, 5.74) is 3.56. The van der Waals surface area contributed by atoms with E-state index in [1.54, 1.807) is 48.5 Å². The molecule has 0 spiro atoms. The minimum Gasteiger partial charge on any atom is -0.352 e. The first-order valence-corrected chi connectivity index (χ1v) is 16.8. The molecule has 4 rings (SSSR count). The lowest BCUT2D eigenvalue weighted by Crippen LogP contribution is -2.53. The van der Waals surface area contributed by atoms with Gasteiger partial charge >= 0.3 is 0 Å². The van der Waals surface area contributed by atoms with Gasteiger partial charge in [-0.1, -0.05) is 78.9 Å². The molecule has 43 heavy (non-hydrogen) atoms. The molecule has 0 bridgehead atoms. The largest absolute Gasteiger partial charge is 0.352 e. The zero-order valence-corrected chi connectivity index (χ0v) is 27.4. The van der Waals surface area contributed by atoms with Crippen LogP contribution in [0.25, 0.3) is 0 Å². The minimum atomic E-state index is -4.15. The Balaban J connectivity index is 1.76. The monoisotopic (exact) mass is 643 g/mol. The Labute approximate surface area is 265 Å². The molecule has 3 aromatic rings. The third-order valence-electron chi connectivity index (χ3n) is 7.95. The van der Waals surface area contributed by atoms with Gasteiger partial charge in [0.1, 0.15) is 12.6 Å². The molecule has 1 fully saturated rings. The summed E-state index contributed by atoms with van der Waals surface area (Å²) in [5, 5.41) is 3.82. The van der Waals surface area contributed by atoms with E-state index >= 15 is 0 Å². The zero-order valence-electron chi connectivity index (χ0n) is 25.1. The van der Waals surface area contributed by atoms with E-state index in [-0.39, 0.29) is 23.4 Å². The summed E-state index contributed by atoms with van der Waals surface area (Å²) in [6.07, 6.45) is 4.25. The van der Waals surface area contributed by atoms with Crippen LogP contribution in [0.15, 0.2) is 65.6 Å². The normalized spacial score (nSPS) is 14.4. The van der Waals surface area contributed by atoms with Crippen LogP contribution in [-0.4, -0.2) is 43.8 Å². The average molecular weight is 645 g/mol. The van der Waals surface area contributed by atoms with E-state index in [0.29, 0.717) is 33.3 Å². The summed E-state index contributed by atoms with van der Waals surface area (Å²) in [5.74, 6) is -0.751. The summed E-state index contributed by atoms with van der Waals surface area (Å²) in [6, 6.07) is 16.4. The number of nitrogens with one attached hydrogen (secondary N) is 1. The molecule has 10 heteroatoms. The first-order chi connectivity index (χ1) is 20.4. The number of carbonyl (C=O) groups is 2. The number of sulfonamides is 1. The standard InChI is InChI=1S/C33H39Cl2N3O4S/c1-5-30(33(40)36-26-8-6-7-9-26)37(20-25-14-17-28(34)29(35)19-25)32(39)21-38(31-18-23(3)10-13-24(31)4)43(41,42)27-15-11-22(2)12-16-27/h10-19,26,30H,5-9,20-21H2,1-4H3,(H,36,40)/t30-/m1/s1. The van der Waals surface area contributed by atoms with Crippen LogP contribution in [0.3, 0.4) is 0 Å². The Morgan fingerprint density at radius 2 is 1.56 bits per heavy atom. The Kier molecular flexibility index (Phi) is 10.8. The van der Waals surface area contributed by atoms with Crippen molar-refractivity contribution in [2.24, 2.45) is 0 Å². The molecule has 2 amide bonds. The maximum atomic E-state index is 14.3. The van der Waals surface area contributed by atoms with E-state index in [9.17, 15) is 18.0 Å². The molecule has 0 heterocycles. The molecule has 1 atom stereocenters. The van der Waals surface area contributed by atoms with Gasteiger partial charge in [-0.3, -0.25) is 13.9 Å². The Hall–Kier alpha value is -3.07. The van der Waals surface area contributed by atoms with Crippen LogP contribution in [0, 0.1) is 20.8 Å².